The van der Waals surface area contributed by atoms with Gasteiger partial charge < -0.3 is 10.5 Å². The molecule has 4 aromatic rings. The maximum Gasteiger partial charge on any atom is 0.235 e. The van der Waals surface area contributed by atoms with Gasteiger partial charge in [0.05, 0.1) is 6.20 Å². The molecule has 4 rings (SSSR count). The molecule has 6 heteroatoms. The highest BCUT2D eigenvalue weighted by Gasteiger charge is 2.11. The highest BCUT2D eigenvalue weighted by atomic mass is 16.5. The number of nitrogen functional groups attached to an aromatic ring is 1. The van der Waals surface area contributed by atoms with Crippen molar-refractivity contribution in [2.45, 2.75) is 0 Å². The first-order chi connectivity index (χ1) is 10.3. The fourth-order valence-electron chi connectivity index (χ4n) is 2.29. The zero-order valence-electron chi connectivity index (χ0n) is 10.9. The van der Waals surface area contributed by atoms with E-state index in [2.05, 4.69) is 20.2 Å². The van der Waals surface area contributed by atoms with Crippen molar-refractivity contribution in [2.75, 3.05) is 5.73 Å². The van der Waals surface area contributed by atoms with Crippen LogP contribution in [0.25, 0.3) is 21.8 Å². The summed E-state index contributed by atoms with van der Waals surface area (Å²) in [5.74, 6) is 1.25. The van der Waals surface area contributed by atoms with E-state index in [1.54, 1.807) is 6.20 Å². The van der Waals surface area contributed by atoms with E-state index in [0.717, 1.165) is 10.8 Å². The summed E-state index contributed by atoms with van der Waals surface area (Å²) in [6.07, 6.45) is 1.62. The maximum atomic E-state index is 5.95. The third kappa shape index (κ3) is 1.93. The molecule has 3 N–H and O–H groups in total. The normalized spacial score (nSPS) is 11.0. The van der Waals surface area contributed by atoms with E-state index in [1.165, 1.54) is 0 Å². The molecule has 0 unspecified atom stereocenters. The first kappa shape index (κ1) is 11.7. The molecular weight excluding hydrogens is 266 g/mol. The third-order valence-electron chi connectivity index (χ3n) is 3.25. The number of aromatic nitrogens is 4. The van der Waals surface area contributed by atoms with E-state index in [1.807, 2.05) is 42.5 Å². The number of nitrogens with one attached hydrogen (secondary N) is 1. The molecule has 0 aliphatic carbocycles. The van der Waals surface area contributed by atoms with Crippen molar-refractivity contribution in [1.29, 1.82) is 0 Å². The Morgan fingerprint density at radius 1 is 0.952 bits per heavy atom. The maximum absolute atomic E-state index is 5.95. The lowest BCUT2D eigenvalue weighted by molar-refractivity contribution is 0.474. The van der Waals surface area contributed by atoms with Crippen LogP contribution in [0.1, 0.15) is 0 Å². The predicted molar refractivity (Wildman–Crippen MR) is 80.1 cm³/mol. The van der Waals surface area contributed by atoms with Crippen molar-refractivity contribution in [3.05, 3.63) is 48.7 Å². The van der Waals surface area contributed by atoms with Gasteiger partial charge in [-0.05, 0) is 11.5 Å². The van der Waals surface area contributed by atoms with Crippen LogP contribution in [0.2, 0.25) is 0 Å². The minimum atomic E-state index is 0.141. The fraction of sp³-hybridized carbons (Fsp3) is 0. The summed E-state index contributed by atoms with van der Waals surface area (Å²) in [7, 11) is 0. The van der Waals surface area contributed by atoms with E-state index in [4.69, 9.17) is 10.5 Å². The van der Waals surface area contributed by atoms with Crippen molar-refractivity contribution >= 4 is 27.8 Å². The number of ether oxygens (including phenoxy) is 1. The molecule has 102 valence electrons. The monoisotopic (exact) mass is 277 g/mol. The lowest BCUT2D eigenvalue weighted by Crippen LogP contribution is -1.98. The van der Waals surface area contributed by atoms with Crippen LogP contribution < -0.4 is 10.5 Å². The molecule has 2 heterocycles. The minimum Gasteiger partial charge on any atom is -0.437 e. The van der Waals surface area contributed by atoms with E-state index in [-0.39, 0.29) is 5.95 Å². The van der Waals surface area contributed by atoms with Crippen LogP contribution in [0.3, 0.4) is 0 Å². The topological polar surface area (TPSA) is 89.7 Å². The van der Waals surface area contributed by atoms with Gasteiger partial charge in [-0.15, -0.1) is 0 Å². The Bertz CT molecular complexity index is 942. The summed E-state index contributed by atoms with van der Waals surface area (Å²) in [6.45, 7) is 0. The average Bonchev–Trinajstić information content (AvgIpc) is 2.96. The lowest BCUT2D eigenvalue weighted by Gasteiger charge is -2.09. The number of aromatic amines is 1. The van der Waals surface area contributed by atoms with Crippen LogP contribution >= 0.6 is 0 Å². The molecule has 2 aromatic heterocycles. The molecule has 0 aliphatic rings. The Balaban J connectivity index is 1.89. The molecule has 0 radical (unpaired) electrons. The van der Waals surface area contributed by atoms with Gasteiger partial charge in [0.2, 0.25) is 11.8 Å². The number of anilines is 1. The van der Waals surface area contributed by atoms with Gasteiger partial charge >= 0.3 is 0 Å². The minimum absolute atomic E-state index is 0.141. The zero-order chi connectivity index (χ0) is 14.2. The molecule has 0 fully saturated rings. The Morgan fingerprint density at radius 3 is 2.76 bits per heavy atom. The molecule has 0 bridgehead atoms. The second kappa shape index (κ2) is 4.45. The smallest absolute Gasteiger partial charge is 0.235 e. The quantitative estimate of drug-likeness (QED) is 0.588. The van der Waals surface area contributed by atoms with Gasteiger partial charge in [0.15, 0.2) is 5.65 Å². The molecule has 0 aliphatic heterocycles. The van der Waals surface area contributed by atoms with Gasteiger partial charge in [-0.3, -0.25) is 5.10 Å². The Kier molecular flexibility index (Phi) is 2.47. The van der Waals surface area contributed by atoms with E-state index in [9.17, 15) is 0 Å². The molecule has 6 nitrogen and oxygen atoms in total. The number of H-pyrrole nitrogens is 1. The number of benzene rings is 2. The first-order valence-electron chi connectivity index (χ1n) is 6.43. The van der Waals surface area contributed by atoms with Gasteiger partial charge in [0, 0.05) is 5.39 Å². The summed E-state index contributed by atoms with van der Waals surface area (Å²) in [5.41, 5.74) is 6.25. The van der Waals surface area contributed by atoms with Crippen molar-refractivity contribution < 1.29 is 4.74 Å². The van der Waals surface area contributed by atoms with Crippen LogP contribution in [0.5, 0.6) is 11.6 Å². The Labute approximate surface area is 119 Å². The first-order valence-corrected chi connectivity index (χ1v) is 6.43. The number of rotatable bonds is 2. The molecule has 21 heavy (non-hydrogen) atoms. The summed E-state index contributed by atoms with van der Waals surface area (Å²) in [6, 6.07) is 13.9. The van der Waals surface area contributed by atoms with E-state index in [0.29, 0.717) is 22.7 Å². The highest BCUT2D eigenvalue weighted by Crippen LogP contribution is 2.31. The van der Waals surface area contributed by atoms with E-state index >= 15 is 0 Å². The van der Waals surface area contributed by atoms with Crippen LogP contribution in [-0.4, -0.2) is 20.2 Å². The summed E-state index contributed by atoms with van der Waals surface area (Å²) in [5, 5.41) is 9.50. The fourth-order valence-corrected chi connectivity index (χ4v) is 2.29. The van der Waals surface area contributed by atoms with Crippen LogP contribution in [0, 0.1) is 0 Å². The number of nitrogens with zero attached hydrogens (tertiary/aromatic N) is 3. The molecule has 0 spiro atoms. The van der Waals surface area contributed by atoms with Crippen LogP contribution in [0.15, 0.2) is 48.7 Å². The second-order valence-corrected chi connectivity index (χ2v) is 4.60. The summed E-state index contributed by atoms with van der Waals surface area (Å²) < 4.78 is 5.95. The van der Waals surface area contributed by atoms with Gasteiger partial charge in [0.1, 0.15) is 11.1 Å². The third-order valence-corrected chi connectivity index (χ3v) is 3.25. The van der Waals surface area contributed by atoms with Gasteiger partial charge in [0.25, 0.3) is 0 Å². The van der Waals surface area contributed by atoms with Gasteiger partial charge in [-0.2, -0.15) is 15.1 Å². The zero-order valence-corrected chi connectivity index (χ0v) is 10.9. The second-order valence-electron chi connectivity index (χ2n) is 4.60. The van der Waals surface area contributed by atoms with Crippen molar-refractivity contribution in [2.24, 2.45) is 0 Å². The molecule has 2 aromatic carbocycles. The predicted octanol–water partition coefficient (Wildman–Crippen LogP) is 2.88. The number of nitrogens with two attached hydrogens (primary N) is 1. The Hall–Kier alpha value is -3.15. The van der Waals surface area contributed by atoms with Gasteiger partial charge in [-0.25, -0.2) is 0 Å². The van der Waals surface area contributed by atoms with Crippen LogP contribution in [0.4, 0.5) is 5.95 Å². The largest absolute Gasteiger partial charge is 0.437 e. The average molecular weight is 277 g/mol. The molecular formula is C15H11N5O. The lowest BCUT2D eigenvalue weighted by atomic mass is 10.1. The Morgan fingerprint density at radius 2 is 1.81 bits per heavy atom. The number of fused-ring (bicyclic) bond motifs is 2. The van der Waals surface area contributed by atoms with E-state index < -0.39 is 0 Å². The van der Waals surface area contributed by atoms with Crippen molar-refractivity contribution in [3.63, 3.8) is 0 Å². The van der Waals surface area contributed by atoms with Gasteiger partial charge in [-0.1, -0.05) is 36.4 Å². The molecule has 0 saturated heterocycles. The number of hydrogen-bond acceptors (Lipinski definition) is 5. The van der Waals surface area contributed by atoms with Crippen molar-refractivity contribution in [1.82, 2.24) is 20.2 Å². The SMILES string of the molecule is Nc1nc(Oc2cccc3ccccc23)c2cn[nH]c2n1. The number of hydrogen-bond donors (Lipinski definition) is 2. The molecule has 0 saturated carbocycles. The summed E-state index contributed by atoms with van der Waals surface area (Å²) >= 11 is 0. The summed E-state index contributed by atoms with van der Waals surface area (Å²) in [4.78, 5) is 8.23. The highest BCUT2D eigenvalue weighted by molar-refractivity contribution is 5.89. The van der Waals surface area contributed by atoms with Crippen molar-refractivity contribution in [3.8, 4) is 11.6 Å². The van der Waals surface area contributed by atoms with Crippen LogP contribution in [-0.2, 0) is 0 Å². The molecule has 0 atom stereocenters. The molecule has 0 amide bonds. The standard InChI is InChI=1S/C15H11N5O/c16-15-18-13-11(8-17-20-13)14(19-15)21-12-7-3-5-9-4-1-2-6-10(9)12/h1-8H,(H3,16,17,18,19,20).